The average Bonchev–Trinajstić information content (AvgIpc) is 3.53. The molecule has 0 aliphatic carbocycles. The Morgan fingerprint density at radius 2 is 1.95 bits per heavy atom. The number of methoxy groups -OCH3 is 1. The summed E-state index contributed by atoms with van der Waals surface area (Å²) in [5, 5.41) is 1.01. The van der Waals surface area contributed by atoms with Crippen LogP contribution in [0.1, 0.15) is 38.1 Å². The van der Waals surface area contributed by atoms with Crippen LogP contribution in [-0.2, 0) is 9.53 Å². The van der Waals surface area contributed by atoms with Gasteiger partial charge in [-0.05, 0) is 57.2 Å². The van der Waals surface area contributed by atoms with Gasteiger partial charge in [0.15, 0.2) is 16.3 Å². The second-order valence-electron chi connectivity index (χ2n) is 8.94. The molecule has 212 valence electrons. The summed E-state index contributed by atoms with van der Waals surface area (Å²) >= 11 is 13.7. The third kappa shape index (κ3) is 5.45. The number of para-hydroxylation sites is 1. The zero-order chi connectivity index (χ0) is 29.3. The molecule has 11 heteroatoms. The van der Waals surface area contributed by atoms with Gasteiger partial charge in [-0.15, -0.1) is 0 Å². The van der Waals surface area contributed by atoms with E-state index in [9.17, 15) is 9.59 Å². The van der Waals surface area contributed by atoms with Crippen molar-refractivity contribution >= 4 is 46.6 Å². The summed E-state index contributed by atoms with van der Waals surface area (Å²) in [4.78, 5) is 32.3. The molecule has 0 spiro atoms. The van der Waals surface area contributed by atoms with E-state index in [1.807, 2.05) is 6.92 Å². The molecule has 1 atom stereocenters. The first-order valence-electron chi connectivity index (χ1n) is 12.8. The van der Waals surface area contributed by atoms with E-state index in [2.05, 4.69) is 4.99 Å². The van der Waals surface area contributed by atoms with E-state index in [1.54, 1.807) is 68.5 Å². The Morgan fingerprint density at radius 1 is 1.15 bits per heavy atom. The lowest BCUT2D eigenvalue weighted by Gasteiger charge is -2.26. The van der Waals surface area contributed by atoms with Crippen LogP contribution in [0.5, 0.6) is 11.5 Å². The Morgan fingerprint density at radius 3 is 2.68 bits per heavy atom. The molecule has 2 aromatic heterocycles. The number of benzene rings is 2. The van der Waals surface area contributed by atoms with E-state index in [0.717, 1.165) is 0 Å². The van der Waals surface area contributed by atoms with Crippen molar-refractivity contribution in [1.29, 1.82) is 0 Å². The van der Waals surface area contributed by atoms with Gasteiger partial charge in [0.1, 0.15) is 17.6 Å². The summed E-state index contributed by atoms with van der Waals surface area (Å²) in [6.07, 6.45) is 1.64. The summed E-state index contributed by atoms with van der Waals surface area (Å²) < 4.78 is 24.8. The lowest BCUT2D eigenvalue weighted by molar-refractivity contribution is -0.139. The number of ether oxygens (including phenoxy) is 3. The van der Waals surface area contributed by atoms with Gasteiger partial charge in [-0.25, -0.2) is 9.79 Å². The Kier molecular flexibility index (Phi) is 8.40. The molecular weight excluding hydrogens is 587 g/mol. The first kappa shape index (κ1) is 28.7. The molecule has 1 aliphatic rings. The fraction of sp³-hybridized carbons (Fsp3) is 0.233. The fourth-order valence-electron chi connectivity index (χ4n) is 4.68. The predicted octanol–water partition coefficient (Wildman–Crippen LogP) is 5.77. The molecule has 3 heterocycles. The summed E-state index contributed by atoms with van der Waals surface area (Å²) in [5.41, 5.74) is 1.55. The van der Waals surface area contributed by atoms with Gasteiger partial charge in [0.05, 0.1) is 41.1 Å². The van der Waals surface area contributed by atoms with Gasteiger partial charge in [0.2, 0.25) is 0 Å². The summed E-state index contributed by atoms with van der Waals surface area (Å²) in [7, 11) is 1.54. The van der Waals surface area contributed by atoms with E-state index in [0.29, 0.717) is 65.8 Å². The number of thiazole rings is 1. The largest absolute Gasteiger partial charge is 0.493 e. The molecule has 0 amide bonds. The number of allylic oxidation sites excluding steroid dienone is 1. The molecule has 0 saturated heterocycles. The fourth-order valence-corrected chi connectivity index (χ4v) is 6.09. The SMILES string of the molecule is CCOC(=O)C1=C(C)N=c2s/c(=C\c3ccc(-c4cc(Cl)ccc4Cl)o3)c(=O)n2[C@@H]1c1cccc(OC)c1OCC. The number of esters is 1. The summed E-state index contributed by atoms with van der Waals surface area (Å²) in [6.45, 7) is 5.82. The smallest absolute Gasteiger partial charge is 0.338 e. The van der Waals surface area contributed by atoms with Crippen molar-refractivity contribution in [1.82, 2.24) is 4.57 Å². The van der Waals surface area contributed by atoms with E-state index >= 15 is 0 Å². The third-order valence-corrected chi connectivity index (χ3v) is 7.97. The van der Waals surface area contributed by atoms with Gasteiger partial charge in [-0.3, -0.25) is 9.36 Å². The molecule has 5 rings (SSSR count). The predicted molar refractivity (Wildman–Crippen MR) is 159 cm³/mol. The number of carbonyl (C=O) groups excluding carboxylic acids is 1. The molecule has 0 fully saturated rings. The zero-order valence-corrected chi connectivity index (χ0v) is 25.0. The maximum Gasteiger partial charge on any atom is 0.338 e. The molecule has 2 aromatic carbocycles. The van der Waals surface area contributed by atoms with Crippen LogP contribution in [0.15, 0.2) is 74.0 Å². The molecule has 8 nitrogen and oxygen atoms in total. The van der Waals surface area contributed by atoms with Gasteiger partial charge in [-0.2, -0.15) is 0 Å². The van der Waals surface area contributed by atoms with Gasteiger partial charge < -0.3 is 18.6 Å². The van der Waals surface area contributed by atoms with Gasteiger partial charge in [-0.1, -0.05) is 46.7 Å². The molecule has 0 N–H and O–H groups in total. The summed E-state index contributed by atoms with van der Waals surface area (Å²) in [5.74, 6) is 1.30. The minimum Gasteiger partial charge on any atom is -0.493 e. The molecule has 0 unspecified atom stereocenters. The van der Waals surface area contributed by atoms with E-state index in [4.69, 9.17) is 41.8 Å². The van der Waals surface area contributed by atoms with Crippen molar-refractivity contribution in [2.75, 3.05) is 20.3 Å². The topological polar surface area (TPSA) is 92.3 Å². The number of aromatic nitrogens is 1. The maximum absolute atomic E-state index is 14.0. The highest BCUT2D eigenvalue weighted by atomic mass is 35.5. The highest BCUT2D eigenvalue weighted by Crippen LogP contribution is 2.41. The van der Waals surface area contributed by atoms with Crippen LogP contribution in [-0.4, -0.2) is 30.9 Å². The number of fused-ring (bicyclic) bond motifs is 1. The average molecular weight is 614 g/mol. The number of carbonyl (C=O) groups is 1. The lowest BCUT2D eigenvalue weighted by Crippen LogP contribution is -2.40. The highest BCUT2D eigenvalue weighted by Gasteiger charge is 2.36. The Bertz CT molecular complexity index is 1850. The van der Waals surface area contributed by atoms with E-state index in [1.165, 1.54) is 23.0 Å². The van der Waals surface area contributed by atoms with Crippen molar-refractivity contribution < 1.29 is 23.4 Å². The summed E-state index contributed by atoms with van der Waals surface area (Å²) in [6, 6.07) is 13.1. The minimum absolute atomic E-state index is 0.167. The van der Waals surface area contributed by atoms with Crippen LogP contribution in [0, 0.1) is 0 Å². The Hall–Kier alpha value is -3.79. The van der Waals surface area contributed by atoms with Gasteiger partial charge in [0.25, 0.3) is 5.56 Å². The molecule has 0 saturated carbocycles. The monoisotopic (exact) mass is 612 g/mol. The first-order chi connectivity index (χ1) is 19.8. The van der Waals surface area contributed by atoms with Crippen LogP contribution in [0.4, 0.5) is 0 Å². The number of hydrogen-bond acceptors (Lipinski definition) is 8. The molecule has 1 aliphatic heterocycles. The van der Waals surface area contributed by atoms with Crippen molar-refractivity contribution in [2.45, 2.75) is 26.8 Å². The number of furan rings is 1. The van der Waals surface area contributed by atoms with Gasteiger partial charge in [0, 0.05) is 22.2 Å². The number of hydrogen-bond donors (Lipinski definition) is 0. The highest BCUT2D eigenvalue weighted by molar-refractivity contribution is 7.07. The quantitative estimate of drug-likeness (QED) is 0.234. The van der Waals surface area contributed by atoms with Crippen molar-refractivity contribution in [3.63, 3.8) is 0 Å². The molecule has 4 aromatic rings. The van der Waals surface area contributed by atoms with Crippen LogP contribution in [0.3, 0.4) is 0 Å². The third-order valence-electron chi connectivity index (χ3n) is 6.42. The second-order valence-corrected chi connectivity index (χ2v) is 10.8. The first-order valence-corrected chi connectivity index (χ1v) is 14.4. The van der Waals surface area contributed by atoms with Crippen LogP contribution >= 0.6 is 34.5 Å². The second kappa shape index (κ2) is 12.0. The van der Waals surface area contributed by atoms with Crippen molar-refractivity contribution in [2.24, 2.45) is 4.99 Å². The molecule has 0 radical (unpaired) electrons. The van der Waals surface area contributed by atoms with E-state index < -0.39 is 12.0 Å². The number of nitrogens with zero attached hydrogens (tertiary/aromatic N) is 2. The van der Waals surface area contributed by atoms with Gasteiger partial charge >= 0.3 is 5.97 Å². The standard InChI is InChI=1S/C30H26Cl2N2O6S/c1-5-38-27-19(8-7-9-23(27)37-4)26-25(29(36)39-6-2)16(3)33-30-34(26)28(35)24(41-30)15-18-11-13-22(40-18)20-14-17(31)10-12-21(20)32/h7-15,26H,5-6H2,1-4H3/b24-15-/t26-/m1/s1. The number of halogens is 2. The van der Waals surface area contributed by atoms with Crippen LogP contribution in [0.25, 0.3) is 17.4 Å². The van der Waals surface area contributed by atoms with Crippen LogP contribution < -0.4 is 24.4 Å². The molecule has 0 bridgehead atoms. The van der Waals surface area contributed by atoms with Crippen molar-refractivity contribution in [3.05, 3.63) is 101 Å². The molecule has 41 heavy (non-hydrogen) atoms. The Labute approximate surface area is 249 Å². The zero-order valence-electron chi connectivity index (χ0n) is 22.7. The lowest BCUT2D eigenvalue weighted by atomic mass is 9.94. The minimum atomic E-state index is -0.860. The number of rotatable bonds is 8. The normalized spacial score (nSPS) is 15.0. The Balaban J connectivity index is 1.70. The maximum atomic E-state index is 14.0. The van der Waals surface area contributed by atoms with E-state index in [-0.39, 0.29) is 17.7 Å². The molecular formula is C30H26Cl2N2O6S. The van der Waals surface area contributed by atoms with Crippen molar-refractivity contribution in [3.8, 4) is 22.8 Å². The van der Waals surface area contributed by atoms with Crippen LogP contribution in [0.2, 0.25) is 10.0 Å².